The minimum atomic E-state index is -0.197. The third-order valence-corrected chi connectivity index (χ3v) is 5.45. The van der Waals surface area contributed by atoms with E-state index in [1.807, 2.05) is 40.7 Å². The van der Waals surface area contributed by atoms with E-state index in [0.717, 1.165) is 30.4 Å². The number of rotatable bonds is 5. The number of benzene rings is 1. The Hall–Kier alpha value is -2.28. The van der Waals surface area contributed by atoms with Crippen LogP contribution >= 0.6 is 11.3 Å². The zero-order valence-electron chi connectivity index (χ0n) is 13.4. The lowest BCUT2D eigenvalue weighted by atomic mass is 10.1. The molecule has 4 rings (SSSR count). The van der Waals surface area contributed by atoms with Crippen molar-refractivity contribution in [1.82, 2.24) is 9.88 Å². The molecule has 2 saturated heterocycles. The highest BCUT2D eigenvalue weighted by atomic mass is 32.1. The van der Waals surface area contributed by atoms with E-state index in [2.05, 4.69) is 9.88 Å². The molecule has 2 aliphatic rings. The lowest BCUT2D eigenvalue weighted by Gasteiger charge is -2.22. The molecule has 0 unspecified atom stereocenters. The lowest BCUT2D eigenvalue weighted by molar-refractivity contribution is 0.136. The van der Waals surface area contributed by atoms with Crippen molar-refractivity contribution in [3.8, 4) is 5.75 Å². The molecule has 0 N–H and O–H groups in total. The first-order valence-electron chi connectivity index (χ1n) is 7.99. The molecule has 0 radical (unpaired) electrons. The van der Waals surface area contributed by atoms with Crippen LogP contribution in [-0.2, 0) is 11.2 Å². The van der Waals surface area contributed by atoms with Crippen molar-refractivity contribution in [2.45, 2.75) is 18.6 Å². The molecule has 0 spiro atoms. The molecule has 2 aromatic rings. The molecule has 1 aromatic carbocycles. The van der Waals surface area contributed by atoms with E-state index in [9.17, 15) is 4.79 Å². The van der Waals surface area contributed by atoms with E-state index in [1.165, 1.54) is 5.56 Å². The molecule has 126 valence electrons. The van der Waals surface area contributed by atoms with Gasteiger partial charge in [0.1, 0.15) is 11.9 Å². The first-order chi connectivity index (χ1) is 11.7. The minimum absolute atomic E-state index is 0.0581. The quantitative estimate of drug-likeness (QED) is 0.833. The van der Waals surface area contributed by atoms with E-state index in [0.29, 0.717) is 6.54 Å². The fourth-order valence-corrected chi connectivity index (χ4v) is 3.99. The minimum Gasteiger partial charge on any atom is -0.497 e. The van der Waals surface area contributed by atoms with Crippen molar-refractivity contribution < 1.29 is 14.3 Å². The summed E-state index contributed by atoms with van der Waals surface area (Å²) in [6.07, 6.45) is 2.36. The zero-order chi connectivity index (χ0) is 16.5. The summed E-state index contributed by atoms with van der Waals surface area (Å²) in [5.41, 5.74) is 1.18. The van der Waals surface area contributed by atoms with Crippen LogP contribution in [0.2, 0.25) is 0 Å². The summed E-state index contributed by atoms with van der Waals surface area (Å²) in [7, 11) is 1.66. The standard InChI is InChI=1S/C17H19N3O3S/c1-22-13-4-2-12(3-5-13)6-8-20-14-10-19(16-18-7-9-24-16)11-15(14)23-17(20)21/h2-5,7,9,14-15H,6,8,10-11H2,1H3/t14-,15+/m0/s1. The number of amides is 1. The van der Waals surface area contributed by atoms with Crippen molar-refractivity contribution in [1.29, 1.82) is 0 Å². The maximum Gasteiger partial charge on any atom is 0.410 e. The van der Waals surface area contributed by atoms with Crippen LogP contribution in [0.3, 0.4) is 0 Å². The second-order valence-electron chi connectivity index (χ2n) is 6.00. The number of hydrogen-bond donors (Lipinski definition) is 0. The topological polar surface area (TPSA) is 54.9 Å². The number of fused-ring (bicyclic) bond motifs is 1. The maximum absolute atomic E-state index is 12.2. The molecule has 0 aliphatic carbocycles. The van der Waals surface area contributed by atoms with Crippen LogP contribution in [0.4, 0.5) is 9.93 Å². The molecule has 3 heterocycles. The van der Waals surface area contributed by atoms with E-state index in [1.54, 1.807) is 18.4 Å². The van der Waals surface area contributed by atoms with Gasteiger partial charge in [0.25, 0.3) is 0 Å². The normalized spacial score (nSPS) is 22.6. The predicted molar refractivity (Wildman–Crippen MR) is 91.8 cm³/mol. The zero-order valence-corrected chi connectivity index (χ0v) is 14.2. The van der Waals surface area contributed by atoms with Crippen molar-refractivity contribution in [3.63, 3.8) is 0 Å². The van der Waals surface area contributed by atoms with Crippen LogP contribution in [0, 0.1) is 0 Å². The lowest BCUT2D eigenvalue weighted by Crippen LogP contribution is -2.39. The second-order valence-corrected chi connectivity index (χ2v) is 6.87. The molecule has 2 aliphatic heterocycles. The first-order valence-corrected chi connectivity index (χ1v) is 8.87. The van der Waals surface area contributed by atoms with Gasteiger partial charge in [0.15, 0.2) is 5.13 Å². The maximum atomic E-state index is 12.2. The smallest absolute Gasteiger partial charge is 0.410 e. The summed E-state index contributed by atoms with van der Waals surface area (Å²) >= 11 is 1.62. The van der Waals surface area contributed by atoms with Crippen LogP contribution < -0.4 is 9.64 Å². The van der Waals surface area contributed by atoms with Crippen LogP contribution in [0.25, 0.3) is 0 Å². The Morgan fingerprint density at radius 1 is 1.33 bits per heavy atom. The Kier molecular flexibility index (Phi) is 4.02. The van der Waals surface area contributed by atoms with Gasteiger partial charge < -0.3 is 14.4 Å². The molecule has 0 bridgehead atoms. The summed E-state index contributed by atoms with van der Waals surface area (Å²) in [5, 5.41) is 2.97. The Bertz CT molecular complexity index is 704. The van der Waals surface area contributed by atoms with Gasteiger partial charge in [-0.05, 0) is 24.1 Å². The number of carbonyl (C=O) groups excluding carboxylic acids is 1. The van der Waals surface area contributed by atoms with Gasteiger partial charge in [-0.25, -0.2) is 9.78 Å². The number of aromatic nitrogens is 1. The number of carbonyl (C=O) groups is 1. The Labute approximate surface area is 144 Å². The molecule has 2 atom stereocenters. The molecule has 6 nitrogen and oxygen atoms in total. The average molecular weight is 345 g/mol. The highest BCUT2D eigenvalue weighted by molar-refractivity contribution is 7.13. The van der Waals surface area contributed by atoms with Crippen molar-refractivity contribution in [2.75, 3.05) is 31.6 Å². The molecule has 1 aromatic heterocycles. The fraction of sp³-hybridized carbons (Fsp3) is 0.412. The number of hydrogen-bond acceptors (Lipinski definition) is 6. The molecule has 7 heteroatoms. The third kappa shape index (κ3) is 2.80. The number of nitrogens with zero attached hydrogens (tertiary/aromatic N) is 3. The first kappa shape index (κ1) is 15.3. The van der Waals surface area contributed by atoms with Crippen molar-refractivity contribution >= 4 is 22.6 Å². The number of anilines is 1. The Morgan fingerprint density at radius 2 is 2.17 bits per heavy atom. The van der Waals surface area contributed by atoms with Crippen LogP contribution in [-0.4, -0.2) is 54.9 Å². The summed E-state index contributed by atoms with van der Waals surface area (Å²) in [4.78, 5) is 20.6. The predicted octanol–water partition coefficient (Wildman–Crippen LogP) is 2.40. The average Bonchev–Trinajstić information content (AvgIpc) is 3.30. The summed E-state index contributed by atoms with van der Waals surface area (Å²) in [5.74, 6) is 0.842. The SMILES string of the molecule is COc1ccc(CCN2C(=O)O[C@@H]3CN(c4nccs4)C[C@@H]32)cc1. The van der Waals surface area contributed by atoms with Gasteiger partial charge in [0, 0.05) is 24.7 Å². The van der Waals surface area contributed by atoms with Gasteiger partial charge in [-0.15, -0.1) is 11.3 Å². The van der Waals surface area contributed by atoms with E-state index >= 15 is 0 Å². The number of methoxy groups -OCH3 is 1. The summed E-state index contributed by atoms with van der Waals surface area (Å²) < 4.78 is 10.7. The highest BCUT2D eigenvalue weighted by Crippen LogP contribution is 2.31. The van der Waals surface area contributed by atoms with Crippen molar-refractivity contribution in [2.24, 2.45) is 0 Å². The van der Waals surface area contributed by atoms with Gasteiger partial charge in [-0.2, -0.15) is 0 Å². The van der Waals surface area contributed by atoms with E-state index in [4.69, 9.17) is 9.47 Å². The van der Waals surface area contributed by atoms with Gasteiger partial charge >= 0.3 is 6.09 Å². The molecular formula is C17H19N3O3S. The third-order valence-electron chi connectivity index (χ3n) is 4.61. The summed E-state index contributed by atoms with van der Waals surface area (Å²) in [6, 6.07) is 8.07. The molecule has 24 heavy (non-hydrogen) atoms. The van der Waals surface area contributed by atoms with Crippen LogP contribution in [0.15, 0.2) is 35.8 Å². The van der Waals surface area contributed by atoms with Crippen molar-refractivity contribution in [3.05, 3.63) is 41.4 Å². The molecule has 0 saturated carbocycles. The van der Waals surface area contributed by atoms with Gasteiger partial charge in [-0.1, -0.05) is 12.1 Å². The molecule has 1 amide bonds. The second kappa shape index (κ2) is 6.32. The Balaban J connectivity index is 1.40. The van der Waals surface area contributed by atoms with Gasteiger partial charge in [-0.3, -0.25) is 4.90 Å². The highest BCUT2D eigenvalue weighted by Gasteiger charge is 2.47. The number of thiazole rings is 1. The van der Waals surface area contributed by atoms with Gasteiger partial charge in [0.2, 0.25) is 0 Å². The molecule has 2 fully saturated rings. The fourth-order valence-electron chi connectivity index (χ4n) is 3.33. The summed E-state index contributed by atoms with van der Waals surface area (Å²) in [6.45, 7) is 2.17. The number of ether oxygens (including phenoxy) is 2. The van der Waals surface area contributed by atoms with Crippen LogP contribution in [0.1, 0.15) is 5.56 Å². The largest absolute Gasteiger partial charge is 0.497 e. The van der Waals surface area contributed by atoms with E-state index < -0.39 is 0 Å². The van der Waals surface area contributed by atoms with Gasteiger partial charge in [0.05, 0.1) is 19.7 Å². The monoisotopic (exact) mass is 345 g/mol. The molecular weight excluding hydrogens is 326 g/mol. The van der Waals surface area contributed by atoms with Crippen LogP contribution in [0.5, 0.6) is 5.75 Å². The van der Waals surface area contributed by atoms with E-state index in [-0.39, 0.29) is 18.2 Å². The Morgan fingerprint density at radius 3 is 2.88 bits per heavy atom.